The molecule has 0 unspecified atom stereocenters. The van der Waals surface area contributed by atoms with Crippen LogP contribution in [0.2, 0.25) is 0 Å². The highest BCUT2D eigenvalue weighted by Gasteiger charge is 2.29. The van der Waals surface area contributed by atoms with Gasteiger partial charge < -0.3 is 19.8 Å². The molecule has 7 nitrogen and oxygen atoms in total. The number of hydrogen-bond acceptors (Lipinski definition) is 5. The summed E-state index contributed by atoms with van der Waals surface area (Å²) in [5.41, 5.74) is 0.245. The summed E-state index contributed by atoms with van der Waals surface area (Å²) in [6.45, 7) is 4.84. The average molecular weight is 376 g/mol. The second-order valence-corrected chi connectivity index (χ2v) is 6.25. The fourth-order valence-electron chi connectivity index (χ4n) is 2.23. The Morgan fingerprint density at radius 3 is 2.44 bits per heavy atom. The van der Waals surface area contributed by atoms with Crippen LogP contribution in [0.4, 0.5) is 10.1 Å². The van der Waals surface area contributed by atoms with E-state index in [0.717, 1.165) is 6.07 Å². The van der Waals surface area contributed by atoms with E-state index in [1.54, 1.807) is 19.9 Å². The van der Waals surface area contributed by atoms with Gasteiger partial charge in [0.15, 0.2) is 11.9 Å². The van der Waals surface area contributed by atoms with E-state index in [1.807, 2.05) is 0 Å². The summed E-state index contributed by atoms with van der Waals surface area (Å²) in [6, 6.07) is 7.40. The highest BCUT2D eigenvalue weighted by Crippen LogP contribution is 2.12. The number of anilines is 1. The fourth-order valence-corrected chi connectivity index (χ4v) is 2.23. The molecule has 8 heteroatoms. The predicted octanol–water partition coefficient (Wildman–Crippen LogP) is 2.74. The third-order valence-corrected chi connectivity index (χ3v) is 3.71. The number of carbonyl (C=O) groups excluding carboxylic acids is 3. The molecule has 2 aromatic rings. The van der Waals surface area contributed by atoms with Gasteiger partial charge in [-0.3, -0.25) is 9.59 Å². The predicted molar refractivity (Wildman–Crippen MR) is 95.4 cm³/mol. The van der Waals surface area contributed by atoms with Gasteiger partial charge in [0, 0.05) is 5.69 Å². The number of furan rings is 1. The zero-order valence-corrected chi connectivity index (χ0v) is 15.2. The first-order chi connectivity index (χ1) is 12.8. The Balaban J connectivity index is 1.97. The van der Waals surface area contributed by atoms with Crippen molar-refractivity contribution < 1.29 is 27.9 Å². The maximum Gasteiger partial charge on any atom is 0.329 e. The molecule has 0 aliphatic carbocycles. The Kier molecular flexibility index (Phi) is 6.70. The summed E-state index contributed by atoms with van der Waals surface area (Å²) in [6.07, 6.45) is 0.207. The van der Waals surface area contributed by atoms with E-state index in [0.29, 0.717) is 0 Å². The quantitative estimate of drug-likeness (QED) is 0.724. The number of ether oxygens (including phenoxy) is 1. The van der Waals surface area contributed by atoms with Crippen LogP contribution in [-0.4, -0.2) is 29.9 Å². The minimum Gasteiger partial charge on any atom is -0.459 e. The van der Waals surface area contributed by atoms with Gasteiger partial charge in [-0.25, -0.2) is 9.18 Å². The van der Waals surface area contributed by atoms with Gasteiger partial charge in [0.05, 0.1) is 6.26 Å². The third-order valence-electron chi connectivity index (χ3n) is 3.71. The molecule has 1 aromatic heterocycles. The van der Waals surface area contributed by atoms with Crippen LogP contribution in [0.15, 0.2) is 47.1 Å². The first-order valence-electron chi connectivity index (χ1n) is 8.39. The summed E-state index contributed by atoms with van der Waals surface area (Å²) in [7, 11) is 0. The van der Waals surface area contributed by atoms with E-state index in [4.69, 9.17) is 9.15 Å². The first kappa shape index (κ1) is 20.2. The van der Waals surface area contributed by atoms with Gasteiger partial charge in [0.2, 0.25) is 0 Å². The van der Waals surface area contributed by atoms with Gasteiger partial charge in [-0.15, -0.1) is 0 Å². The second kappa shape index (κ2) is 8.98. The van der Waals surface area contributed by atoms with Crippen LogP contribution in [0.3, 0.4) is 0 Å². The normalized spacial score (nSPS) is 12.9. The van der Waals surface area contributed by atoms with Crippen LogP contribution >= 0.6 is 0 Å². The Morgan fingerprint density at radius 1 is 1.11 bits per heavy atom. The Labute approximate surface area is 155 Å². The van der Waals surface area contributed by atoms with Crippen molar-refractivity contribution in [3.8, 4) is 0 Å². The van der Waals surface area contributed by atoms with Gasteiger partial charge in [-0.05, 0) is 43.2 Å². The van der Waals surface area contributed by atoms with Gasteiger partial charge in [-0.1, -0.05) is 19.9 Å². The zero-order valence-electron chi connectivity index (χ0n) is 15.2. The SMILES string of the molecule is CC(C)[C@H](NC(=O)c1ccco1)C(=O)O[C@@H](C)C(=O)Nc1cccc(F)c1. The van der Waals surface area contributed by atoms with E-state index < -0.39 is 35.7 Å². The number of benzene rings is 1. The molecule has 1 aromatic carbocycles. The third kappa shape index (κ3) is 5.67. The van der Waals surface area contributed by atoms with Gasteiger partial charge in [0.1, 0.15) is 11.9 Å². The smallest absolute Gasteiger partial charge is 0.329 e. The lowest BCUT2D eigenvalue weighted by atomic mass is 10.0. The molecule has 0 radical (unpaired) electrons. The molecule has 27 heavy (non-hydrogen) atoms. The summed E-state index contributed by atoms with van der Waals surface area (Å²) in [5.74, 6) is -2.66. The molecule has 1 heterocycles. The zero-order chi connectivity index (χ0) is 20.0. The molecule has 0 bridgehead atoms. The number of rotatable bonds is 7. The number of amides is 2. The number of halogens is 1. The standard InChI is InChI=1S/C19H21FN2O5/c1-11(2)16(22-18(24)15-8-5-9-26-15)19(25)27-12(3)17(23)21-14-7-4-6-13(20)10-14/h4-12,16H,1-3H3,(H,21,23)(H,22,24)/t12-,16-/m0/s1. The lowest BCUT2D eigenvalue weighted by Crippen LogP contribution is -2.47. The van der Waals surface area contributed by atoms with E-state index in [1.165, 1.54) is 37.5 Å². The molecule has 2 rings (SSSR count). The summed E-state index contributed by atoms with van der Waals surface area (Å²) in [5, 5.41) is 4.99. The van der Waals surface area contributed by atoms with Crippen LogP contribution in [0.25, 0.3) is 0 Å². The molecule has 0 saturated carbocycles. The van der Waals surface area contributed by atoms with Crippen molar-refractivity contribution >= 4 is 23.5 Å². The van der Waals surface area contributed by atoms with Gasteiger partial charge in [0.25, 0.3) is 11.8 Å². The Hall–Kier alpha value is -3.16. The van der Waals surface area contributed by atoms with E-state index in [-0.39, 0.29) is 17.4 Å². The lowest BCUT2D eigenvalue weighted by molar-refractivity contribution is -0.156. The Bertz CT molecular complexity index is 804. The Morgan fingerprint density at radius 2 is 1.85 bits per heavy atom. The van der Waals surface area contributed by atoms with E-state index in [9.17, 15) is 18.8 Å². The molecular formula is C19H21FN2O5. The molecule has 0 fully saturated rings. The van der Waals surface area contributed by atoms with Crippen LogP contribution in [0, 0.1) is 11.7 Å². The summed E-state index contributed by atoms with van der Waals surface area (Å²) >= 11 is 0. The van der Waals surface area contributed by atoms with Crippen molar-refractivity contribution in [2.75, 3.05) is 5.32 Å². The van der Waals surface area contributed by atoms with E-state index in [2.05, 4.69) is 10.6 Å². The van der Waals surface area contributed by atoms with Crippen LogP contribution in [0.1, 0.15) is 31.3 Å². The van der Waals surface area contributed by atoms with Crippen molar-refractivity contribution in [1.29, 1.82) is 0 Å². The second-order valence-electron chi connectivity index (χ2n) is 6.25. The molecule has 0 aliphatic heterocycles. The van der Waals surface area contributed by atoms with Crippen molar-refractivity contribution in [2.45, 2.75) is 32.9 Å². The molecule has 2 N–H and O–H groups in total. The maximum absolute atomic E-state index is 13.2. The highest BCUT2D eigenvalue weighted by atomic mass is 19.1. The van der Waals surface area contributed by atoms with Crippen LogP contribution in [-0.2, 0) is 14.3 Å². The minimum absolute atomic E-state index is 0.0605. The molecule has 2 atom stereocenters. The monoisotopic (exact) mass is 376 g/mol. The average Bonchev–Trinajstić information content (AvgIpc) is 3.13. The molecule has 144 valence electrons. The van der Waals surface area contributed by atoms with Crippen LogP contribution < -0.4 is 10.6 Å². The van der Waals surface area contributed by atoms with Crippen LogP contribution in [0.5, 0.6) is 0 Å². The molecule has 0 aliphatic rings. The maximum atomic E-state index is 13.2. The topological polar surface area (TPSA) is 97.6 Å². The van der Waals surface area contributed by atoms with E-state index >= 15 is 0 Å². The largest absolute Gasteiger partial charge is 0.459 e. The first-order valence-corrected chi connectivity index (χ1v) is 8.39. The summed E-state index contributed by atoms with van der Waals surface area (Å²) in [4.78, 5) is 36.6. The molecule has 0 saturated heterocycles. The van der Waals surface area contributed by atoms with Crippen molar-refractivity contribution in [2.24, 2.45) is 5.92 Å². The van der Waals surface area contributed by atoms with Gasteiger partial charge >= 0.3 is 5.97 Å². The number of nitrogens with one attached hydrogen (secondary N) is 2. The fraction of sp³-hybridized carbons (Fsp3) is 0.316. The molecular weight excluding hydrogens is 355 g/mol. The minimum atomic E-state index is -1.14. The van der Waals surface area contributed by atoms with Gasteiger partial charge in [-0.2, -0.15) is 0 Å². The molecule has 2 amide bonds. The highest BCUT2D eigenvalue weighted by molar-refractivity contribution is 5.97. The number of esters is 1. The molecule has 0 spiro atoms. The van der Waals surface area contributed by atoms with Crippen molar-refractivity contribution in [3.05, 3.63) is 54.2 Å². The number of carbonyl (C=O) groups is 3. The van der Waals surface area contributed by atoms with Crippen molar-refractivity contribution in [1.82, 2.24) is 5.32 Å². The lowest BCUT2D eigenvalue weighted by Gasteiger charge is -2.22. The number of hydrogen-bond donors (Lipinski definition) is 2. The van der Waals surface area contributed by atoms with Crippen molar-refractivity contribution in [3.63, 3.8) is 0 Å². The summed E-state index contributed by atoms with van der Waals surface area (Å²) < 4.78 is 23.3.